The molecule has 2 unspecified atom stereocenters. The van der Waals surface area contributed by atoms with Crippen LogP contribution in [0.25, 0.3) is 10.2 Å². The van der Waals surface area contributed by atoms with Crippen molar-refractivity contribution >= 4 is 45.1 Å². The molecule has 0 aromatic carbocycles. The Bertz CT molecular complexity index is 835. The van der Waals surface area contributed by atoms with Gasteiger partial charge in [0, 0.05) is 12.1 Å². The molecule has 0 bridgehead atoms. The summed E-state index contributed by atoms with van der Waals surface area (Å²) in [4.78, 5) is 18.9. The Kier molecular flexibility index (Phi) is 5.37. The fourth-order valence-electron chi connectivity index (χ4n) is 2.81. The highest BCUT2D eigenvalue weighted by Gasteiger charge is 2.29. The number of nitrogens with zero attached hydrogens (tertiary/aromatic N) is 4. The summed E-state index contributed by atoms with van der Waals surface area (Å²) in [7, 11) is 0. The van der Waals surface area contributed by atoms with Gasteiger partial charge in [0.05, 0.1) is 36.6 Å². The highest BCUT2D eigenvalue weighted by Crippen LogP contribution is 2.36. The molecular weight excluding hydrogens is 364 g/mol. The maximum absolute atomic E-state index is 12.2. The van der Waals surface area contributed by atoms with E-state index in [1.807, 2.05) is 13.0 Å². The molecule has 2 atom stereocenters. The van der Waals surface area contributed by atoms with E-state index >= 15 is 0 Å². The Hall–Kier alpha value is -1.95. The maximum Gasteiger partial charge on any atom is 0.327 e. The second kappa shape index (κ2) is 7.52. The van der Waals surface area contributed by atoms with Gasteiger partial charge in [-0.05, 0) is 31.4 Å². The molecular formula is C16H17ClN4O3S. The monoisotopic (exact) mass is 380 g/mol. The Morgan fingerprint density at radius 3 is 3.16 bits per heavy atom. The molecule has 1 aliphatic rings. The molecule has 132 valence electrons. The van der Waals surface area contributed by atoms with Crippen molar-refractivity contribution in [1.29, 1.82) is 5.26 Å². The van der Waals surface area contributed by atoms with E-state index in [0.29, 0.717) is 41.4 Å². The van der Waals surface area contributed by atoms with Gasteiger partial charge < -0.3 is 14.4 Å². The number of anilines is 1. The van der Waals surface area contributed by atoms with Crippen molar-refractivity contribution in [3.8, 4) is 6.07 Å². The average molecular weight is 381 g/mol. The van der Waals surface area contributed by atoms with Crippen LogP contribution < -0.4 is 4.90 Å². The zero-order valence-corrected chi connectivity index (χ0v) is 15.4. The van der Waals surface area contributed by atoms with Gasteiger partial charge in [-0.1, -0.05) is 11.6 Å². The molecule has 0 amide bonds. The second-order valence-electron chi connectivity index (χ2n) is 5.65. The number of pyridine rings is 1. The smallest absolute Gasteiger partial charge is 0.327 e. The molecule has 9 heteroatoms. The molecule has 3 heterocycles. The number of nitriles is 1. The van der Waals surface area contributed by atoms with Crippen molar-refractivity contribution in [2.24, 2.45) is 0 Å². The first-order valence-corrected chi connectivity index (χ1v) is 9.08. The Labute approximate surface area is 154 Å². The van der Waals surface area contributed by atoms with E-state index in [9.17, 15) is 10.1 Å². The average Bonchev–Trinajstić information content (AvgIpc) is 2.97. The zero-order chi connectivity index (χ0) is 18.0. The summed E-state index contributed by atoms with van der Waals surface area (Å²) in [6.07, 6.45) is 0. The van der Waals surface area contributed by atoms with Gasteiger partial charge in [-0.25, -0.2) is 4.98 Å². The molecule has 0 N–H and O–H groups in total. The minimum atomic E-state index is -1.04. The minimum Gasteiger partial charge on any atom is -0.465 e. The topological polar surface area (TPSA) is 88.3 Å². The molecule has 0 spiro atoms. The van der Waals surface area contributed by atoms with Gasteiger partial charge in [-0.3, -0.25) is 4.79 Å². The summed E-state index contributed by atoms with van der Waals surface area (Å²) in [5, 5.41) is 9.81. The van der Waals surface area contributed by atoms with Crippen molar-refractivity contribution in [3.63, 3.8) is 0 Å². The summed E-state index contributed by atoms with van der Waals surface area (Å²) in [5.41, 5.74) is 1.03. The van der Waals surface area contributed by atoms with Crippen molar-refractivity contribution in [2.45, 2.75) is 25.8 Å². The minimum absolute atomic E-state index is 0.125. The third kappa shape index (κ3) is 3.40. The van der Waals surface area contributed by atoms with E-state index in [4.69, 9.17) is 21.1 Å². The van der Waals surface area contributed by atoms with Gasteiger partial charge in [0.2, 0.25) is 0 Å². The van der Waals surface area contributed by atoms with E-state index < -0.39 is 11.9 Å². The van der Waals surface area contributed by atoms with Gasteiger partial charge >= 0.3 is 5.97 Å². The van der Waals surface area contributed by atoms with Crippen molar-refractivity contribution in [3.05, 3.63) is 16.8 Å². The number of hydrogen-bond donors (Lipinski definition) is 0. The van der Waals surface area contributed by atoms with E-state index in [1.54, 1.807) is 13.0 Å². The highest BCUT2D eigenvalue weighted by atomic mass is 35.5. The molecule has 1 fully saturated rings. The van der Waals surface area contributed by atoms with Crippen LogP contribution in [0.3, 0.4) is 0 Å². The lowest BCUT2D eigenvalue weighted by atomic mass is 10.0. The van der Waals surface area contributed by atoms with Crippen LogP contribution in [-0.4, -0.2) is 47.7 Å². The van der Waals surface area contributed by atoms with Crippen LogP contribution >= 0.6 is 23.1 Å². The Morgan fingerprint density at radius 2 is 2.48 bits per heavy atom. The number of hydrogen-bond acceptors (Lipinski definition) is 8. The first-order chi connectivity index (χ1) is 12.1. The number of carbonyl (C=O) groups is 1. The largest absolute Gasteiger partial charge is 0.465 e. The van der Waals surface area contributed by atoms with E-state index in [1.165, 1.54) is 0 Å². The van der Waals surface area contributed by atoms with Crippen molar-refractivity contribution in [2.75, 3.05) is 31.3 Å². The summed E-state index contributed by atoms with van der Waals surface area (Å²) in [6.45, 7) is 5.80. The second-order valence-corrected chi connectivity index (χ2v) is 6.78. The number of morpholine rings is 1. The number of ether oxygens (including phenoxy) is 2. The zero-order valence-electron chi connectivity index (χ0n) is 13.9. The number of rotatable bonds is 4. The van der Waals surface area contributed by atoms with Gasteiger partial charge in [-0.15, -0.1) is 0 Å². The quantitative estimate of drug-likeness (QED) is 0.753. The van der Waals surface area contributed by atoms with Crippen LogP contribution in [-0.2, 0) is 14.3 Å². The van der Waals surface area contributed by atoms with Crippen molar-refractivity contribution < 1.29 is 14.3 Å². The molecule has 0 aliphatic carbocycles. The van der Waals surface area contributed by atoms with Crippen LogP contribution in [0.2, 0.25) is 5.15 Å². The molecule has 2 aromatic rings. The maximum atomic E-state index is 12.2. The normalized spacial score (nSPS) is 18.8. The molecule has 0 radical (unpaired) electrons. The molecule has 25 heavy (non-hydrogen) atoms. The van der Waals surface area contributed by atoms with E-state index in [2.05, 4.69) is 14.3 Å². The molecule has 2 aromatic heterocycles. The SMILES string of the molecule is CCOC(=O)C(C#N)c1cc(N2CCOCC2C)nc2c(Cl)nsc12. The molecule has 0 saturated carbocycles. The number of halogens is 1. The molecule has 1 aliphatic heterocycles. The number of esters is 1. The first kappa shape index (κ1) is 17.9. The standard InChI is InChI=1S/C16H17ClN4O3S/c1-3-24-16(22)11(7-18)10-6-12(21-4-5-23-8-9(21)2)19-13-14(10)25-20-15(13)17/h6,9,11H,3-5,8H2,1-2H3. The summed E-state index contributed by atoms with van der Waals surface area (Å²) in [5.74, 6) is -0.968. The molecule has 3 rings (SSSR count). The fraction of sp³-hybridized carbons (Fsp3) is 0.500. The van der Waals surface area contributed by atoms with Crippen LogP contribution in [0.5, 0.6) is 0 Å². The number of carbonyl (C=O) groups excluding carboxylic acids is 1. The van der Waals surface area contributed by atoms with Gasteiger partial charge in [0.1, 0.15) is 11.3 Å². The summed E-state index contributed by atoms with van der Waals surface area (Å²) in [6, 6.07) is 3.93. The fourth-order valence-corrected chi connectivity index (χ4v) is 3.87. The van der Waals surface area contributed by atoms with E-state index in [-0.39, 0.29) is 17.8 Å². The van der Waals surface area contributed by atoms with Gasteiger partial charge in [0.15, 0.2) is 11.1 Å². The van der Waals surface area contributed by atoms with Crippen LogP contribution in [0.4, 0.5) is 5.82 Å². The van der Waals surface area contributed by atoms with E-state index in [0.717, 1.165) is 11.5 Å². The lowest BCUT2D eigenvalue weighted by Crippen LogP contribution is -2.44. The Morgan fingerprint density at radius 1 is 1.68 bits per heavy atom. The first-order valence-electron chi connectivity index (χ1n) is 7.93. The predicted octanol–water partition coefficient (Wildman–Crippen LogP) is 2.74. The lowest BCUT2D eigenvalue weighted by molar-refractivity contribution is -0.143. The third-order valence-electron chi connectivity index (χ3n) is 4.03. The van der Waals surface area contributed by atoms with Crippen LogP contribution in [0.15, 0.2) is 6.07 Å². The van der Waals surface area contributed by atoms with Gasteiger partial charge in [0.25, 0.3) is 0 Å². The highest BCUT2D eigenvalue weighted by molar-refractivity contribution is 7.14. The van der Waals surface area contributed by atoms with Crippen molar-refractivity contribution in [1.82, 2.24) is 9.36 Å². The summed E-state index contributed by atoms with van der Waals surface area (Å²) >= 11 is 7.30. The van der Waals surface area contributed by atoms with Crippen LogP contribution in [0.1, 0.15) is 25.3 Å². The molecule has 1 saturated heterocycles. The number of fused-ring (bicyclic) bond motifs is 1. The Balaban J connectivity index is 2.13. The van der Waals surface area contributed by atoms with Crippen LogP contribution in [0, 0.1) is 11.3 Å². The third-order valence-corrected chi connectivity index (χ3v) is 5.27. The van der Waals surface area contributed by atoms with Gasteiger partial charge in [-0.2, -0.15) is 9.64 Å². The molecule has 7 nitrogen and oxygen atoms in total. The summed E-state index contributed by atoms with van der Waals surface area (Å²) < 4.78 is 15.3. The number of aromatic nitrogens is 2. The predicted molar refractivity (Wildman–Crippen MR) is 95.0 cm³/mol. The lowest BCUT2D eigenvalue weighted by Gasteiger charge is -2.34.